The largest absolute Gasteiger partial charge is 0.340 e. The molecule has 1 aromatic carbocycles. The van der Waals surface area contributed by atoms with Gasteiger partial charge in [0.25, 0.3) is 0 Å². The molecule has 2 amide bonds. The monoisotopic (exact) mass is 356 g/mol. The average molecular weight is 356 g/mol. The van der Waals surface area contributed by atoms with E-state index in [1.54, 1.807) is 6.92 Å². The summed E-state index contributed by atoms with van der Waals surface area (Å²) in [5, 5.41) is 6.98. The number of nitrogens with zero attached hydrogens (tertiary/aromatic N) is 3. The highest BCUT2D eigenvalue weighted by molar-refractivity contribution is 5.89. The van der Waals surface area contributed by atoms with Crippen LogP contribution in [0.5, 0.6) is 0 Å². The highest BCUT2D eigenvalue weighted by Gasteiger charge is 2.24. The summed E-state index contributed by atoms with van der Waals surface area (Å²) in [5.74, 6) is 2.43. The van der Waals surface area contributed by atoms with E-state index in [2.05, 4.69) is 41.4 Å². The summed E-state index contributed by atoms with van der Waals surface area (Å²) < 4.78 is 5.03. The molecular formula is C20H28N4O2. The first-order valence-corrected chi connectivity index (χ1v) is 9.50. The molecule has 1 fully saturated rings. The van der Waals surface area contributed by atoms with Crippen molar-refractivity contribution in [2.45, 2.75) is 52.4 Å². The van der Waals surface area contributed by atoms with Gasteiger partial charge in [0, 0.05) is 32.1 Å². The minimum atomic E-state index is -0.0184. The van der Waals surface area contributed by atoms with E-state index in [4.69, 9.17) is 4.52 Å². The predicted octanol–water partition coefficient (Wildman–Crippen LogP) is 4.38. The number of anilines is 1. The molecule has 0 spiro atoms. The van der Waals surface area contributed by atoms with Gasteiger partial charge in [-0.25, -0.2) is 4.79 Å². The van der Waals surface area contributed by atoms with Crippen molar-refractivity contribution in [3.05, 3.63) is 41.5 Å². The van der Waals surface area contributed by atoms with Crippen LogP contribution < -0.4 is 5.32 Å². The van der Waals surface area contributed by atoms with Crippen molar-refractivity contribution in [3.8, 4) is 0 Å². The van der Waals surface area contributed by atoms with Gasteiger partial charge in [0.1, 0.15) is 0 Å². The standard InChI is InChI=1S/C20H28N4O2/c1-4-14(2)17-5-7-18(8-6-17)22-20(25)24-11-9-16(10-12-24)13-19-21-15(3)26-23-19/h5-8,14,16H,4,9-13H2,1-3H3,(H,22,25)/t14-/m0/s1. The Labute approximate surface area is 155 Å². The highest BCUT2D eigenvalue weighted by atomic mass is 16.5. The van der Waals surface area contributed by atoms with Gasteiger partial charge < -0.3 is 14.7 Å². The lowest BCUT2D eigenvalue weighted by Crippen LogP contribution is -2.41. The van der Waals surface area contributed by atoms with E-state index in [1.165, 1.54) is 5.56 Å². The van der Waals surface area contributed by atoms with E-state index in [1.807, 2.05) is 17.0 Å². The Hall–Kier alpha value is -2.37. The first kappa shape index (κ1) is 18.4. The van der Waals surface area contributed by atoms with E-state index in [-0.39, 0.29) is 6.03 Å². The number of piperidine rings is 1. The van der Waals surface area contributed by atoms with Crippen LogP contribution in [0.1, 0.15) is 56.3 Å². The maximum atomic E-state index is 12.5. The van der Waals surface area contributed by atoms with Crippen LogP contribution in [-0.4, -0.2) is 34.2 Å². The average Bonchev–Trinajstić information content (AvgIpc) is 3.07. The molecule has 1 aliphatic rings. The fraction of sp³-hybridized carbons (Fsp3) is 0.550. The smallest absolute Gasteiger partial charge is 0.321 e. The Morgan fingerprint density at radius 2 is 2.00 bits per heavy atom. The lowest BCUT2D eigenvalue weighted by atomic mass is 9.93. The third kappa shape index (κ3) is 4.62. The minimum Gasteiger partial charge on any atom is -0.340 e. The lowest BCUT2D eigenvalue weighted by molar-refractivity contribution is 0.181. The van der Waals surface area contributed by atoms with Gasteiger partial charge in [-0.3, -0.25) is 0 Å². The maximum Gasteiger partial charge on any atom is 0.321 e. The van der Waals surface area contributed by atoms with Gasteiger partial charge in [0.15, 0.2) is 5.82 Å². The molecule has 6 nitrogen and oxygen atoms in total. The Bertz CT molecular complexity index is 718. The predicted molar refractivity (Wildman–Crippen MR) is 101 cm³/mol. The quantitative estimate of drug-likeness (QED) is 0.863. The summed E-state index contributed by atoms with van der Waals surface area (Å²) in [4.78, 5) is 18.6. The van der Waals surface area contributed by atoms with Crippen molar-refractivity contribution in [1.29, 1.82) is 0 Å². The molecule has 140 valence electrons. The third-order valence-electron chi connectivity index (χ3n) is 5.29. The van der Waals surface area contributed by atoms with Gasteiger partial charge in [0.2, 0.25) is 5.89 Å². The number of carbonyl (C=O) groups is 1. The zero-order valence-electron chi connectivity index (χ0n) is 15.9. The van der Waals surface area contributed by atoms with Gasteiger partial charge in [-0.2, -0.15) is 4.98 Å². The molecule has 0 radical (unpaired) electrons. The van der Waals surface area contributed by atoms with Crippen molar-refractivity contribution in [2.75, 3.05) is 18.4 Å². The molecule has 0 aliphatic carbocycles. The second kappa shape index (κ2) is 8.34. The van der Waals surface area contributed by atoms with Crippen molar-refractivity contribution in [2.24, 2.45) is 5.92 Å². The number of aromatic nitrogens is 2. The SMILES string of the molecule is CC[C@H](C)c1ccc(NC(=O)N2CCC(Cc3noc(C)n3)CC2)cc1. The number of likely N-dealkylation sites (tertiary alicyclic amines) is 1. The van der Waals surface area contributed by atoms with Crippen LogP contribution in [0.15, 0.2) is 28.8 Å². The molecule has 1 saturated heterocycles. The molecule has 1 N–H and O–H groups in total. The van der Waals surface area contributed by atoms with Gasteiger partial charge in [0.05, 0.1) is 0 Å². The number of aryl methyl sites for hydroxylation is 1. The fourth-order valence-electron chi connectivity index (χ4n) is 3.36. The van der Waals surface area contributed by atoms with Crippen LogP contribution in [-0.2, 0) is 6.42 Å². The van der Waals surface area contributed by atoms with Crippen molar-refractivity contribution in [1.82, 2.24) is 15.0 Å². The van der Waals surface area contributed by atoms with E-state index >= 15 is 0 Å². The first-order valence-electron chi connectivity index (χ1n) is 9.50. The molecule has 6 heteroatoms. The Balaban J connectivity index is 1.47. The van der Waals surface area contributed by atoms with Crippen LogP contribution in [0.4, 0.5) is 10.5 Å². The molecule has 0 bridgehead atoms. The molecule has 2 aromatic rings. The van der Waals surface area contributed by atoms with Crippen LogP contribution in [0.25, 0.3) is 0 Å². The zero-order valence-corrected chi connectivity index (χ0v) is 15.9. The summed E-state index contributed by atoms with van der Waals surface area (Å²) in [5.41, 5.74) is 2.16. The van der Waals surface area contributed by atoms with E-state index in [9.17, 15) is 4.79 Å². The number of rotatable bonds is 5. The summed E-state index contributed by atoms with van der Waals surface area (Å²) in [6.07, 6.45) is 3.87. The van der Waals surface area contributed by atoms with Crippen molar-refractivity contribution < 1.29 is 9.32 Å². The first-order chi connectivity index (χ1) is 12.5. The molecule has 0 unspecified atom stereocenters. The van der Waals surface area contributed by atoms with E-state index in [0.717, 1.165) is 50.3 Å². The normalized spacial score (nSPS) is 16.5. The number of nitrogens with one attached hydrogen (secondary N) is 1. The Morgan fingerprint density at radius 1 is 1.31 bits per heavy atom. The summed E-state index contributed by atoms with van der Waals surface area (Å²) >= 11 is 0. The minimum absolute atomic E-state index is 0.0184. The summed E-state index contributed by atoms with van der Waals surface area (Å²) in [7, 11) is 0. The van der Waals surface area contributed by atoms with Crippen LogP contribution >= 0.6 is 0 Å². The molecule has 3 rings (SSSR count). The topological polar surface area (TPSA) is 71.3 Å². The Kier molecular flexibility index (Phi) is 5.91. The molecule has 26 heavy (non-hydrogen) atoms. The second-order valence-corrected chi connectivity index (χ2v) is 7.23. The van der Waals surface area contributed by atoms with Gasteiger partial charge in [-0.15, -0.1) is 0 Å². The number of amides is 2. The molecule has 1 aliphatic heterocycles. The van der Waals surface area contributed by atoms with E-state index in [0.29, 0.717) is 17.7 Å². The molecule has 2 heterocycles. The molecule has 1 atom stereocenters. The zero-order chi connectivity index (χ0) is 18.5. The maximum absolute atomic E-state index is 12.5. The highest BCUT2D eigenvalue weighted by Crippen LogP contribution is 2.23. The molecule has 1 aromatic heterocycles. The summed E-state index contributed by atoms with van der Waals surface area (Å²) in [6.45, 7) is 7.73. The number of urea groups is 1. The number of hydrogen-bond acceptors (Lipinski definition) is 4. The summed E-state index contributed by atoms with van der Waals surface area (Å²) in [6, 6.07) is 8.16. The van der Waals surface area contributed by atoms with Gasteiger partial charge in [-0.05, 0) is 48.8 Å². The van der Waals surface area contributed by atoms with Crippen LogP contribution in [0.3, 0.4) is 0 Å². The molecule has 0 saturated carbocycles. The lowest BCUT2D eigenvalue weighted by Gasteiger charge is -2.31. The van der Waals surface area contributed by atoms with Crippen molar-refractivity contribution in [3.63, 3.8) is 0 Å². The number of carbonyl (C=O) groups excluding carboxylic acids is 1. The van der Waals surface area contributed by atoms with E-state index < -0.39 is 0 Å². The second-order valence-electron chi connectivity index (χ2n) is 7.23. The number of hydrogen-bond donors (Lipinski definition) is 1. The van der Waals surface area contributed by atoms with Gasteiger partial charge >= 0.3 is 6.03 Å². The van der Waals surface area contributed by atoms with Crippen molar-refractivity contribution >= 4 is 11.7 Å². The molecular weight excluding hydrogens is 328 g/mol. The fourth-order valence-corrected chi connectivity index (χ4v) is 3.36. The third-order valence-corrected chi connectivity index (χ3v) is 5.29. The van der Waals surface area contributed by atoms with Gasteiger partial charge in [-0.1, -0.05) is 31.1 Å². The number of benzene rings is 1. The van der Waals surface area contributed by atoms with Crippen LogP contribution in [0, 0.1) is 12.8 Å². The van der Waals surface area contributed by atoms with Crippen LogP contribution in [0.2, 0.25) is 0 Å². The Morgan fingerprint density at radius 3 is 2.58 bits per heavy atom.